The lowest BCUT2D eigenvalue weighted by atomic mass is 10.1. The van der Waals surface area contributed by atoms with E-state index >= 15 is 0 Å². The van der Waals surface area contributed by atoms with Gasteiger partial charge in [-0.25, -0.2) is 43.9 Å². The highest BCUT2D eigenvalue weighted by Crippen LogP contribution is 2.24. The van der Waals surface area contributed by atoms with Crippen molar-refractivity contribution >= 4 is 11.8 Å². The molecule has 3 aromatic rings. The van der Waals surface area contributed by atoms with Crippen molar-refractivity contribution in [3.63, 3.8) is 0 Å². The molecule has 0 aliphatic heterocycles. The van der Waals surface area contributed by atoms with Crippen LogP contribution in [0.25, 0.3) is 0 Å². The molecule has 2 N–H and O–H groups in total. The van der Waals surface area contributed by atoms with Gasteiger partial charge in [-0.2, -0.15) is 0 Å². The molecular weight excluding hydrogens is 514 g/mol. The summed E-state index contributed by atoms with van der Waals surface area (Å²) < 4.78 is 134. The topological polar surface area (TPSA) is 58.2 Å². The lowest BCUT2D eigenvalue weighted by Crippen LogP contribution is -2.27. The minimum atomic E-state index is -2.44. The molecule has 0 saturated heterocycles. The van der Waals surface area contributed by atoms with Crippen LogP contribution in [0.15, 0.2) is 24.3 Å². The van der Waals surface area contributed by atoms with E-state index in [1.165, 1.54) is 24.3 Å². The maximum atomic E-state index is 13.7. The zero-order valence-electron chi connectivity index (χ0n) is 17.3. The van der Waals surface area contributed by atoms with Crippen molar-refractivity contribution in [1.29, 1.82) is 0 Å². The number of amides is 2. The van der Waals surface area contributed by atoms with Crippen molar-refractivity contribution in [2.24, 2.45) is 0 Å². The molecule has 0 unspecified atom stereocenters. The van der Waals surface area contributed by atoms with Gasteiger partial charge in [-0.15, -0.1) is 0 Å². The Kier molecular flexibility index (Phi) is 7.55. The quantitative estimate of drug-likeness (QED) is 0.273. The SMILES string of the molecule is O=C(NCc1cccc(CNC(=O)c2c(F)c(F)c(F)c(F)c2F)c1)c1c(F)c(F)c(F)c(F)c1F. The third-order valence-electron chi connectivity index (χ3n) is 4.77. The van der Waals surface area contributed by atoms with Crippen LogP contribution in [0.4, 0.5) is 43.9 Å². The predicted octanol–water partition coefficient (Wildman–Crippen LogP) is 4.94. The molecular formula is C22H10F10N2O2. The number of carbonyl (C=O) groups excluding carboxylic acids is 2. The Morgan fingerprint density at radius 2 is 0.778 bits per heavy atom. The smallest absolute Gasteiger partial charge is 0.257 e. The molecule has 36 heavy (non-hydrogen) atoms. The Bertz CT molecular complexity index is 1240. The summed E-state index contributed by atoms with van der Waals surface area (Å²) in [6.45, 7) is -1.00. The van der Waals surface area contributed by atoms with Crippen LogP contribution < -0.4 is 10.6 Å². The van der Waals surface area contributed by atoms with Gasteiger partial charge in [-0.1, -0.05) is 24.3 Å². The zero-order valence-corrected chi connectivity index (χ0v) is 17.3. The number of hydrogen-bond donors (Lipinski definition) is 2. The van der Waals surface area contributed by atoms with Gasteiger partial charge in [0.05, 0.1) is 0 Å². The van der Waals surface area contributed by atoms with E-state index in [2.05, 4.69) is 0 Å². The molecule has 0 radical (unpaired) electrons. The maximum Gasteiger partial charge on any atom is 0.257 e. The molecule has 0 aromatic heterocycles. The first-order chi connectivity index (χ1) is 16.9. The van der Waals surface area contributed by atoms with E-state index in [-0.39, 0.29) is 11.1 Å². The molecule has 190 valence electrons. The van der Waals surface area contributed by atoms with E-state index in [1.807, 2.05) is 10.6 Å². The lowest BCUT2D eigenvalue weighted by Gasteiger charge is -2.11. The van der Waals surface area contributed by atoms with Gasteiger partial charge in [0.1, 0.15) is 11.1 Å². The first kappa shape index (κ1) is 26.5. The number of benzene rings is 3. The average molecular weight is 524 g/mol. The largest absolute Gasteiger partial charge is 0.348 e. The Morgan fingerprint density at radius 1 is 0.500 bits per heavy atom. The van der Waals surface area contributed by atoms with Gasteiger partial charge in [-0.3, -0.25) is 9.59 Å². The first-order valence-corrected chi connectivity index (χ1v) is 9.53. The molecule has 3 rings (SSSR count). The predicted molar refractivity (Wildman–Crippen MR) is 101 cm³/mol. The number of hydrogen-bond acceptors (Lipinski definition) is 2. The van der Waals surface area contributed by atoms with Crippen molar-refractivity contribution in [2.45, 2.75) is 13.1 Å². The highest BCUT2D eigenvalue weighted by Gasteiger charge is 2.30. The van der Waals surface area contributed by atoms with Gasteiger partial charge in [0.25, 0.3) is 11.8 Å². The zero-order chi connectivity index (χ0) is 26.9. The summed E-state index contributed by atoms with van der Waals surface area (Å²) >= 11 is 0. The summed E-state index contributed by atoms with van der Waals surface area (Å²) in [5.41, 5.74) is -3.07. The van der Waals surface area contributed by atoms with Crippen LogP contribution in [0.5, 0.6) is 0 Å². The van der Waals surface area contributed by atoms with E-state index in [1.54, 1.807) is 0 Å². The van der Waals surface area contributed by atoms with Gasteiger partial charge in [0, 0.05) is 13.1 Å². The summed E-state index contributed by atoms with van der Waals surface area (Å²) in [5, 5.41) is 3.88. The van der Waals surface area contributed by atoms with Crippen molar-refractivity contribution < 1.29 is 53.5 Å². The molecule has 0 heterocycles. The van der Waals surface area contributed by atoms with E-state index in [0.717, 1.165) is 0 Å². The lowest BCUT2D eigenvalue weighted by molar-refractivity contribution is 0.0931. The van der Waals surface area contributed by atoms with Gasteiger partial charge in [-0.05, 0) is 11.1 Å². The first-order valence-electron chi connectivity index (χ1n) is 9.53. The normalized spacial score (nSPS) is 10.9. The van der Waals surface area contributed by atoms with E-state index < -0.39 is 94.2 Å². The van der Waals surface area contributed by atoms with E-state index in [4.69, 9.17) is 0 Å². The van der Waals surface area contributed by atoms with Crippen LogP contribution in [-0.2, 0) is 13.1 Å². The fourth-order valence-corrected chi connectivity index (χ4v) is 3.00. The number of carbonyl (C=O) groups is 2. The summed E-state index contributed by atoms with van der Waals surface area (Å²) in [5.74, 6) is -26.8. The second kappa shape index (κ2) is 10.3. The highest BCUT2D eigenvalue weighted by molar-refractivity contribution is 5.95. The Hall–Kier alpha value is -4.10. The van der Waals surface area contributed by atoms with Gasteiger partial charge in [0.15, 0.2) is 46.5 Å². The Labute approximate surface area is 194 Å². The number of rotatable bonds is 6. The maximum absolute atomic E-state index is 13.7. The minimum absolute atomic E-state index is 0.176. The van der Waals surface area contributed by atoms with Crippen LogP contribution in [0, 0.1) is 58.2 Å². The number of halogens is 10. The Balaban J connectivity index is 1.72. The van der Waals surface area contributed by atoms with Crippen LogP contribution in [0.1, 0.15) is 31.8 Å². The molecule has 0 bridgehead atoms. The molecule has 0 spiro atoms. The molecule has 14 heteroatoms. The van der Waals surface area contributed by atoms with Crippen LogP contribution >= 0.6 is 0 Å². The molecule has 0 aliphatic carbocycles. The average Bonchev–Trinajstić information content (AvgIpc) is 2.86. The van der Waals surface area contributed by atoms with Crippen molar-refractivity contribution in [3.8, 4) is 0 Å². The summed E-state index contributed by atoms with van der Waals surface area (Å²) in [4.78, 5) is 24.0. The molecule has 4 nitrogen and oxygen atoms in total. The van der Waals surface area contributed by atoms with Gasteiger partial charge < -0.3 is 10.6 Å². The van der Waals surface area contributed by atoms with Gasteiger partial charge >= 0.3 is 0 Å². The summed E-state index contributed by atoms with van der Waals surface area (Å²) in [6, 6.07) is 5.26. The highest BCUT2D eigenvalue weighted by atomic mass is 19.2. The molecule has 3 aromatic carbocycles. The molecule has 0 aliphatic rings. The van der Waals surface area contributed by atoms with Crippen LogP contribution in [-0.4, -0.2) is 11.8 Å². The second-order valence-electron chi connectivity index (χ2n) is 7.08. The Morgan fingerprint density at radius 3 is 1.08 bits per heavy atom. The van der Waals surface area contributed by atoms with Crippen molar-refractivity contribution in [1.82, 2.24) is 10.6 Å². The van der Waals surface area contributed by atoms with E-state index in [9.17, 15) is 53.5 Å². The van der Waals surface area contributed by atoms with Crippen molar-refractivity contribution in [3.05, 3.63) is 105 Å². The van der Waals surface area contributed by atoms with Crippen molar-refractivity contribution in [2.75, 3.05) is 0 Å². The molecule has 0 atom stereocenters. The summed E-state index contributed by atoms with van der Waals surface area (Å²) in [6.07, 6.45) is 0. The van der Waals surface area contributed by atoms with Gasteiger partial charge in [0.2, 0.25) is 11.6 Å². The van der Waals surface area contributed by atoms with Crippen LogP contribution in [0.3, 0.4) is 0 Å². The molecule has 0 fully saturated rings. The van der Waals surface area contributed by atoms with E-state index in [0.29, 0.717) is 0 Å². The minimum Gasteiger partial charge on any atom is -0.348 e. The standard InChI is InChI=1S/C22H10F10N2O2/c23-11-9(12(24)16(28)19(31)15(11)27)21(35)33-5-7-2-1-3-8(4-7)6-34-22(36)10-13(25)17(29)20(32)18(30)14(10)26/h1-4H,5-6H2,(H,33,35)(H,34,36). The monoisotopic (exact) mass is 524 g/mol. The summed E-state index contributed by atoms with van der Waals surface area (Å²) in [7, 11) is 0. The third kappa shape index (κ3) is 4.83. The molecule has 0 saturated carbocycles. The fraction of sp³-hybridized carbons (Fsp3) is 0.0909. The second-order valence-corrected chi connectivity index (χ2v) is 7.08. The molecule has 2 amide bonds. The van der Waals surface area contributed by atoms with Crippen LogP contribution in [0.2, 0.25) is 0 Å². The third-order valence-corrected chi connectivity index (χ3v) is 4.77. The number of nitrogens with one attached hydrogen (secondary N) is 2. The fourth-order valence-electron chi connectivity index (χ4n) is 3.00.